The monoisotopic (exact) mass is 368 g/mol. The van der Waals surface area contributed by atoms with Crippen molar-refractivity contribution in [3.8, 4) is 5.75 Å². The van der Waals surface area contributed by atoms with Crippen molar-refractivity contribution in [3.05, 3.63) is 65.8 Å². The fourth-order valence-corrected chi connectivity index (χ4v) is 3.34. The van der Waals surface area contributed by atoms with Crippen molar-refractivity contribution in [2.45, 2.75) is 90.9 Å². The van der Waals surface area contributed by atoms with E-state index in [0.29, 0.717) is 5.75 Å². The molecule has 1 aromatic rings. The zero-order valence-corrected chi connectivity index (χ0v) is 18.5. The maximum Gasteiger partial charge on any atom is 0.123 e. The zero-order valence-electron chi connectivity index (χ0n) is 18.5. The molecule has 1 N–H and O–H groups in total. The minimum Gasteiger partial charge on any atom is -0.507 e. The molecule has 0 aliphatic carbocycles. The lowest BCUT2D eigenvalue weighted by Crippen LogP contribution is -2.18. The van der Waals surface area contributed by atoms with Crippen molar-refractivity contribution < 1.29 is 5.11 Å². The van der Waals surface area contributed by atoms with Crippen LogP contribution in [-0.2, 0) is 17.3 Å². The number of hydrogen-bond acceptors (Lipinski definition) is 1. The third-order valence-corrected chi connectivity index (χ3v) is 4.93. The molecule has 0 unspecified atom stereocenters. The average Bonchev–Trinajstić information content (AvgIpc) is 2.54. The van der Waals surface area contributed by atoms with Crippen LogP contribution in [0.15, 0.2) is 49.1 Å². The molecule has 0 bridgehead atoms. The summed E-state index contributed by atoms with van der Waals surface area (Å²) < 4.78 is 0. The Labute approximate surface area is 167 Å². The third-order valence-electron chi connectivity index (χ3n) is 4.93. The number of phenols is 1. The summed E-state index contributed by atoms with van der Waals surface area (Å²) in [5.74, 6) is 0.461. The molecule has 0 fully saturated rings. The first-order valence-corrected chi connectivity index (χ1v) is 10.3. The highest BCUT2D eigenvalue weighted by atomic mass is 16.3. The number of hydrogen-bond donors (Lipinski definition) is 1. The SMILES string of the molecule is C=CCC/C=C(/CCCC=C)Cc1cc(C(C)(C)C)c(O)c(C(C)(C)C)c1. The van der Waals surface area contributed by atoms with Crippen LogP contribution in [0.3, 0.4) is 0 Å². The van der Waals surface area contributed by atoms with Gasteiger partial charge in [-0.2, -0.15) is 0 Å². The summed E-state index contributed by atoms with van der Waals surface area (Å²) in [5, 5.41) is 10.9. The van der Waals surface area contributed by atoms with Crippen molar-refractivity contribution in [2.75, 3.05) is 0 Å². The second-order valence-corrected chi connectivity index (χ2v) is 9.63. The zero-order chi connectivity index (χ0) is 20.7. The third kappa shape index (κ3) is 7.40. The van der Waals surface area contributed by atoms with E-state index in [1.165, 1.54) is 11.1 Å². The van der Waals surface area contributed by atoms with Crippen LogP contribution in [0.1, 0.15) is 90.3 Å². The van der Waals surface area contributed by atoms with Gasteiger partial charge in [-0.15, -0.1) is 13.2 Å². The van der Waals surface area contributed by atoms with E-state index in [1.807, 2.05) is 12.2 Å². The van der Waals surface area contributed by atoms with Crippen LogP contribution < -0.4 is 0 Å². The fourth-order valence-electron chi connectivity index (χ4n) is 3.34. The second-order valence-electron chi connectivity index (χ2n) is 9.63. The first-order chi connectivity index (χ1) is 12.5. The van der Waals surface area contributed by atoms with E-state index in [2.05, 4.69) is 72.9 Å². The van der Waals surface area contributed by atoms with E-state index in [1.54, 1.807) is 0 Å². The van der Waals surface area contributed by atoms with E-state index in [9.17, 15) is 5.11 Å². The average molecular weight is 369 g/mol. The molecule has 0 saturated carbocycles. The molecule has 27 heavy (non-hydrogen) atoms. The quantitative estimate of drug-likeness (QED) is 0.348. The van der Waals surface area contributed by atoms with Crippen molar-refractivity contribution >= 4 is 0 Å². The number of rotatable bonds is 9. The number of benzene rings is 1. The maximum atomic E-state index is 10.9. The summed E-state index contributed by atoms with van der Waals surface area (Å²) in [4.78, 5) is 0. The first kappa shape index (κ1) is 23.3. The van der Waals surface area contributed by atoms with Gasteiger partial charge in [0.15, 0.2) is 0 Å². The summed E-state index contributed by atoms with van der Waals surface area (Å²) in [6.45, 7) is 20.7. The van der Waals surface area contributed by atoms with Crippen molar-refractivity contribution in [2.24, 2.45) is 0 Å². The highest BCUT2D eigenvalue weighted by Gasteiger charge is 2.26. The second kappa shape index (κ2) is 9.97. The highest BCUT2D eigenvalue weighted by Crippen LogP contribution is 2.40. The van der Waals surface area contributed by atoms with Gasteiger partial charge in [0.05, 0.1) is 0 Å². The van der Waals surface area contributed by atoms with E-state index in [-0.39, 0.29) is 10.8 Å². The van der Waals surface area contributed by atoms with E-state index < -0.39 is 0 Å². The molecule has 0 atom stereocenters. The van der Waals surface area contributed by atoms with Crippen LogP contribution >= 0.6 is 0 Å². The molecule has 150 valence electrons. The molecular weight excluding hydrogens is 328 g/mol. The number of allylic oxidation sites excluding steroid dienone is 4. The summed E-state index contributed by atoms with van der Waals surface area (Å²) >= 11 is 0. The highest BCUT2D eigenvalue weighted by molar-refractivity contribution is 5.50. The predicted octanol–water partition coefficient (Wildman–Crippen LogP) is 7.78. The summed E-state index contributed by atoms with van der Waals surface area (Å²) in [7, 11) is 0. The molecule has 0 amide bonds. The van der Waals surface area contributed by atoms with Crippen LogP contribution in [0.25, 0.3) is 0 Å². The van der Waals surface area contributed by atoms with Crippen molar-refractivity contribution in [1.82, 2.24) is 0 Å². The minimum atomic E-state index is -0.0876. The number of phenolic OH excluding ortho intramolecular Hbond substituents is 1. The van der Waals surface area contributed by atoms with Gasteiger partial charge in [-0.05, 0) is 66.0 Å². The van der Waals surface area contributed by atoms with Gasteiger partial charge in [-0.1, -0.05) is 77.5 Å². The minimum absolute atomic E-state index is 0.0876. The molecule has 0 spiro atoms. The molecule has 1 aromatic carbocycles. The normalized spacial score (nSPS) is 12.9. The Morgan fingerprint density at radius 3 is 1.85 bits per heavy atom. The van der Waals surface area contributed by atoms with Crippen LogP contribution in [0, 0.1) is 0 Å². The van der Waals surface area contributed by atoms with Crippen LogP contribution in [0.2, 0.25) is 0 Å². The van der Waals surface area contributed by atoms with Crippen LogP contribution in [0.4, 0.5) is 0 Å². The van der Waals surface area contributed by atoms with Gasteiger partial charge in [-0.3, -0.25) is 0 Å². The Balaban J connectivity index is 3.29. The molecule has 0 radical (unpaired) electrons. The molecule has 0 saturated heterocycles. The van der Waals surface area contributed by atoms with Crippen molar-refractivity contribution in [1.29, 1.82) is 0 Å². The van der Waals surface area contributed by atoms with Gasteiger partial charge in [0.1, 0.15) is 5.75 Å². The van der Waals surface area contributed by atoms with Crippen LogP contribution in [-0.4, -0.2) is 5.11 Å². The summed E-state index contributed by atoms with van der Waals surface area (Å²) in [6, 6.07) is 4.42. The number of aromatic hydroxyl groups is 1. The van der Waals surface area contributed by atoms with E-state index in [0.717, 1.165) is 49.7 Å². The Kier molecular flexibility index (Phi) is 8.59. The van der Waals surface area contributed by atoms with E-state index in [4.69, 9.17) is 0 Å². The Hall–Kier alpha value is -1.76. The first-order valence-electron chi connectivity index (χ1n) is 10.3. The van der Waals surface area contributed by atoms with Gasteiger partial charge in [0, 0.05) is 0 Å². The lowest BCUT2D eigenvalue weighted by Gasteiger charge is -2.28. The van der Waals surface area contributed by atoms with Gasteiger partial charge in [0.2, 0.25) is 0 Å². The van der Waals surface area contributed by atoms with Gasteiger partial charge >= 0.3 is 0 Å². The van der Waals surface area contributed by atoms with Crippen molar-refractivity contribution in [3.63, 3.8) is 0 Å². The smallest absolute Gasteiger partial charge is 0.123 e. The fraction of sp³-hybridized carbons (Fsp3) is 0.538. The predicted molar refractivity (Wildman–Crippen MR) is 121 cm³/mol. The lowest BCUT2D eigenvalue weighted by atomic mass is 9.77. The molecule has 1 rings (SSSR count). The van der Waals surface area contributed by atoms with Gasteiger partial charge in [0.25, 0.3) is 0 Å². The van der Waals surface area contributed by atoms with E-state index >= 15 is 0 Å². The maximum absolute atomic E-state index is 10.9. The summed E-state index contributed by atoms with van der Waals surface area (Å²) in [5.41, 5.74) is 4.68. The molecule has 0 aromatic heterocycles. The lowest BCUT2D eigenvalue weighted by molar-refractivity contribution is 0.422. The number of unbranched alkanes of at least 4 members (excludes halogenated alkanes) is 2. The topological polar surface area (TPSA) is 20.2 Å². The Morgan fingerprint density at radius 1 is 0.889 bits per heavy atom. The largest absolute Gasteiger partial charge is 0.507 e. The van der Waals surface area contributed by atoms with Gasteiger partial charge in [-0.25, -0.2) is 0 Å². The molecule has 1 nitrogen and oxygen atoms in total. The Morgan fingerprint density at radius 2 is 1.41 bits per heavy atom. The molecule has 0 heterocycles. The summed E-state index contributed by atoms with van der Waals surface area (Å²) in [6.07, 6.45) is 12.6. The molecular formula is C26H40O. The standard InChI is InChI=1S/C26H40O/c1-9-11-13-15-20(16-14-12-10-2)17-21-18-22(25(3,4)5)24(27)23(19-21)26(6,7)8/h9-10,15,18-19,27H,1-2,11-14,16-17H2,3-8H3/b20-15-. The Bertz CT molecular complexity index is 627. The molecule has 1 heteroatoms. The van der Waals surface area contributed by atoms with Gasteiger partial charge < -0.3 is 5.11 Å². The van der Waals surface area contributed by atoms with Crippen LogP contribution in [0.5, 0.6) is 5.75 Å². The molecule has 0 aliphatic rings. The molecule has 0 aliphatic heterocycles.